The van der Waals surface area contributed by atoms with Crippen LogP contribution in [-0.2, 0) is 11.2 Å². The summed E-state index contributed by atoms with van der Waals surface area (Å²) >= 11 is 0. The van der Waals surface area contributed by atoms with E-state index in [2.05, 4.69) is 4.98 Å². The standard InChI is InChI=1S/C14H16F3N3O/c1-3-9(2)13(14(15,16)17)20-12(21)7-11-6-10(8-18)4-5-19-11/h4-6,9,13H,3,7H2,1-2H3,(H,20,21). The van der Waals surface area contributed by atoms with Crippen molar-refractivity contribution in [2.24, 2.45) is 5.92 Å². The van der Waals surface area contributed by atoms with Crippen molar-refractivity contribution < 1.29 is 18.0 Å². The van der Waals surface area contributed by atoms with Gasteiger partial charge in [-0.25, -0.2) is 0 Å². The fraction of sp³-hybridized carbons (Fsp3) is 0.500. The van der Waals surface area contributed by atoms with Crippen LogP contribution in [-0.4, -0.2) is 23.1 Å². The van der Waals surface area contributed by atoms with Gasteiger partial charge < -0.3 is 5.32 Å². The molecule has 2 unspecified atom stereocenters. The van der Waals surface area contributed by atoms with Crippen LogP contribution in [0.1, 0.15) is 31.5 Å². The summed E-state index contributed by atoms with van der Waals surface area (Å²) in [5, 5.41) is 10.7. The maximum atomic E-state index is 12.9. The van der Waals surface area contributed by atoms with Crippen LogP contribution in [0.3, 0.4) is 0 Å². The maximum absolute atomic E-state index is 12.9. The van der Waals surface area contributed by atoms with Gasteiger partial charge >= 0.3 is 6.18 Å². The number of nitrogens with zero attached hydrogens (tertiary/aromatic N) is 2. The molecule has 1 amide bonds. The third-order valence-electron chi connectivity index (χ3n) is 3.17. The van der Waals surface area contributed by atoms with E-state index in [1.54, 1.807) is 6.92 Å². The predicted molar refractivity (Wildman–Crippen MR) is 70.1 cm³/mol. The summed E-state index contributed by atoms with van der Waals surface area (Å²) in [6, 6.07) is 2.84. The highest BCUT2D eigenvalue weighted by molar-refractivity contribution is 5.78. The number of carbonyl (C=O) groups excluding carboxylic acids is 1. The molecule has 0 bridgehead atoms. The smallest absolute Gasteiger partial charge is 0.344 e. The average Bonchev–Trinajstić information content (AvgIpc) is 2.43. The molecule has 1 aromatic rings. The SMILES string of the molecule is CCC(C)C(NC(=O)Cc1cc(C#N)ccn1)C(F)(F)F. The van der Waals surface area contributed by atoms with Crippen LogP contribution in [0, 0.1) is 17.2 Å². The third kappa shape index (κ3) is 5.06. The molecule has 114 valence electrons. The number of carbonyl (C=O) groups is 1. The Morgan fingerprint density at radius 1 is 1.52 bits per heavy atom. The number of aromatic nitrogens is 1. The highest BCUT2D eigenvalue weighted by Gasteiger charge is 2.43. The molecule has 1 heterocycles. The summed E-state index contributed by atoms with van der Waals surface area (Å²) in [4.78, 5) is 15.6. The van der Waals surface area contributed by atoms with E-state index in [0.29, 0.717) is 12.0 Å². The lowest BCUT2D eigenvalue weighted by atomic mass is 9.98. The molecule has 0 aliphatic heterocycles. The summed E-state index contributed by atoms with van der Waals surface area (Å²) in [6.45, 7) is 3.07. The highest BCUT2D eigenvalue weighted by Crippen LogP contribution is 2.27. The second kappa shape index (κ2) is 7.07. The minimum absolute atomic E-state index is 0.261. The van der Waals surface area contributed by atoms with Gasteiger partial charge in [0.25, 0.3) is 0 Å². The van der Waals surface area contributed by atoms with Gasteiger partial charge in [-0.1, -0.05) is 20.3 Å². The molecule has 0 saturated heterocycles. The molecule has 0 fully saturated rings. The van der Waals surface area contributed by atoms with Gasteiger partial charge in [0, 0.05) is 6.20 Å². The van der Waals surface area contributed by atoms with E-state index < -0.39 is 24.0 Å². The Morgan fingerprint density at radius 3 is 2.71 bits per heavy atom. The number of hydrogen-bond acceptors (Lipinski definition) is 3. The lowest BCUT2D eigenvalue weighted by Gasteiger charge is -2.26. The van der Waals surface area contributed by atoms with Gasteiger partial charge in [0.15, 0.2) is 0 Å². The van der Waals surface area contributed by atoms with Gasteiger partial charge in [-0.05, 0) is 18.1 Å². The molecule has 1 aromatic heterocycles. The lowest BCUT2D eigenvalue weighted by Crippen LogP contribution is -2.49. The van der Waals surface area contributed by atoms with E-state index in [9.17, 15) is 18.0 Å². The molecule has 7 heteroatoms. The van der Waals surface area contributed by atoms with E-state index in [0.717, 1.165) is 0 Å². The molecule has 0 spiro atoms. The monoisotopic (exact) mass is 299 g/mol. The van der Waals surface area contributed by atoms with Crippen LogP contribution in [0.25, 0.3) is 0 Å². The minimum atomic E-state index is -4.49. The Kier molecular flexibility index (Phi) is 5.70. The molecule has 0 radical (unpaired) electrons. The van der Waals surface area contributed by atoms with Crippen molar-refractivity contribution in [1.29, 1.82) is 5.26 Å². The zero-order valence-corrected chi connectivity index (χ0v) is 11.7. The van der Waals surface area contributed by atoms with Gasteiger partial charge in [0.05, 0.1) is 23.7 Å². The molecule has 0 aliphatic carbocycles. The first-order valence-electron chi connectivity index (χ1n) is 6.49. The first-order chi connectivity index (χ1) is 9.77. The molecule has 2 atom stereocenters. The first kappa shape index (κ1) is 17.0. The Balaban J connectivity index is 2.76. The Morgan fingerprint density at radius 2 is 2.19 bits per heavy atom. The summed E-state index contributed by atoms with van der Waals surface area (Å²) in [5.74, 6) is -1.48. The summed E-state index contributed by atoms with van der Waals surface area (Å²) in [6.07, 6.45) is -3.14. The Bertz CT molecular complexity index is 537. The molecule has 0 aromatic carbocycles. The Hall–Kier alpha value is -2.10. The zero-order valence-electron chi connectivity index (χ0n) is 11.7. The largest absolute Gasteiger partial charge is 0.408 e. The van der Waals surface area contributed by atoms with Crippen LogP contribution >= 0.6 is 0 Å². The third-order valence-corrected chi connectivity index (χ3v) is 3.17. The van der Waals surface area contributed by atoms with E-state index in [1.165, 1.54) is 25.3 Å². The second-order valence-electron chi connectivity index (χ2n) is 4.80. The number of halogens is 3. The average molecular weight is 299 g/mol. The summed E-state index contributed by atoms with van der Waals surface area (Å²) in [5.41, 5.74) is 0.568. The number of rotatable bonds is 5. The van der Waals surface area contributed by atoms with Crippen molar-refractivity contribution >= 4 is 5.91 Å². The molecule has 1 N–H and O–H groups in total. The van der Waals surface area contributed by atoms with Crippen molar-refractivity contribution in [2.45, 2.75) is 38.9 Å². The molecular formula is C14H16F3N3O. The highest BCUT2D eigenvalue weighted by atomic mass is 19.4. The van der Waals surface area contributed by atoms with Crippen molar-refractivity contribution in [3.63, 3.8) is 0 Å². The fourth-order valence-electron chi connectivity index (χ4n) is 1.82. The van der Waals surface area contributed by atoms with E-state index in [1.807, 2.05) is 11.4 Å². The lowest BCUT2D eigenvalue weighted by molar-refractivity contribution is -0.171. The second-order valence-corrected chi connectivity index (χ2v) is 4.80. The first-order valence-corrected chi connectivity index (χ1v) is 6.49. The van der Waals surface area contributed by atoms with E-state index >= 15 is 0 Å². The van der Waals surface area contributed by atoms with Crippen LogP contribution < -0.4 is 5.32 Å². The van der Waals surface area contributed by atoms with Crippen LogP contribution in [0.2, 0.25) is 0 Å². The maximum Gasteiger partial charge on any atom is 0.408 e. The fourth-order valence-corrected chi connectivity index (χ4v) is 1.82. The summed E-state index contributed by atoms with van der Waals surface area (Å²) < 4.78 is 38.7. The van der Waals surface area contributed by atoms with Crippen molar-refractivity contribution in [3.8, 4) is 6.07 Å². The molecule has 0 saturated carbocycles. The molecule has 1 rings (SSSR count). The van der Waals surface area contributed by atoms with Crippen molar-refractivity contribution in [3.05, 3.63) is 29.6 Å². The number of nitrogens with one attached hydrogen (secondary N) is 1. The zero-order chi connectivity index (χ0) is 16.0. The molecule has 21 heavy (non-hydrogen) atoms. The number of pyridine rings is 1. The molecular weight excluding hydrogens is 283 g/mol. The van der Waals surface area contributed by atoms with E-state index in [4.69, 9.17) is 5.26 Å². The Labute approximate surface area is 121 Å². The minimum Gasteiger partial charge on any atom is -0.344 e. The van der Waals surface area contributed by atoms with Gasteiger partial charge in [-0.15, -0.1) is 0 Å². The van der Waals surface area contributed by atoms with Crippen LogP contribution in [0.4, 0.5) is 13.2 Å². The van der Waals surface area contributed by atoms with Crippen molar-refractivity contribution in [1.82, 2.24) is 10.3 Å². The van der Waals surface area contributed by atoms with Crippen LogP contribution in [0.5, 0.6) is 0 Å². The number of hydrogen-bond donors (Lipinski definition) is 1. The molecule has 0 aliphatic rings. The topological polar surface area (TPSA) is 65.8 Å². The number of amides is 1. The van der Waals surface area contributed by atoms with Gasteiger partial charge in [0.2, 0.25) is 5.91 Å². The van der Waals surface area contributed by atoms with Gasteiger partial charge in [-0.2, -0.15) is 18.4 Å². The van der Waals surface area contributed by atoms with Crippen LogP contribution in [0.15, 0.2) is 18.3 Å². The van der Waals surface area contributed by atoms with E-state index in [-0.39, 0.29) is 12.1 Å². The molecule has 4 nitrogen and oxygen atoms in total. The van der Waals surface area contributed by atoms with Gasteiger partial charge in [-0.3, -0.25) is 9.78 Å². The summed E-state index contributed by atoms with van der Waals surface area (Å²) in [7, 11) is 0. The normalized spacial score (nSPS) is 14.1. The quantitative estimate of drug-likeness (QED) is 0.908. The predicted octanol–water partition coefficient (Wildman–Crippen LogP) is 2.59. The van der Waals surface area contributed by atoms with Crippen molar-refractivity contribution in [2.75, 3.05) is 0 Å². The number of alkyl halides is 3. The van der Waals surface area contributed by atoms with Gasteiger partial charge in [0.1, 0.15) is 6.04 Å². The number of nitriles is 1.